The highest BCUT2D eigenvalue weighted by Crippen LogP contribution is 2.16. The number of nitrogens with one attached hydrogen (secondary N) is 1. The largest absolute Gasteiger partial charge is 0.257 e. The van der Waals surface area contributed by atoms with Gasteiger partial charge in [-0.2, -0.15) is 16.4 Å². The van der Waals surface area contributed by atoms with E-state index in [4.69, 9.17) is 0 Å². The van der Waals surface area contributed by atoms with Crippen LogP contribution in [0.5, 0.6) is 0 Å². The zero-order chi connectivity index (χ0) is 17.9. The third-order valence-corrected chi connectivity index (χ3v) is 4.58. The molecule has 6 nitrogen and oxygen atoms in total. The first-order chi connectivity index (χ1) is 12.7. The van der Waals surface area contributed by atoms with Gasteiger partial charge in [-0.1, -0.05) is 0 Å². The quantitative estimate of drug-likeness (QED) is 0.564. The Balaban J connectivity index is 1.64. The van der Waals surface area contributed by atoms with Gasteiger partial charge in [0.25, 0.3) is 0 Å². The van der Waals surface area contributed by atoms with E-state index in [-0.39, 0.29) is 6.54 Å². The Kier molecular flexibility index (Phi) is 4.53. The van der Waals surface area contributed by atoms with E-state index in [0.29, 0.717) is 29.5 Å². The predicted octanol–water partition coefficient (Wildman–Crippen LogP) is 3.24. The van der Waals surface area contributed by atoms with Crippen molar-refractivity contribution in [2.45, 2.75) is 19.4 Å². The lowest BCUT2D eigenvalue weighted by atomic mass is 10.2. The molecule has 132 valence electrons. The number of aromatic nitrogens is 6. The van der Waals surface area contributed by atoms with Crippen molar-refractivity contribution in [3.05, 3.63) is 69.9 Å². The molecule has 0 unspecified atom stereocenters. The molecule has 0 saturated carbocycles. The molecule has 0 bridgehead atoms. The molecule has 0 amide bonds. The number of nitrogens with zero attached hydrogens (tertiary/aromatic N) is 5. The van der Waals surface area contributed by atoms with Crippen LogP contribution in [-0.4, -0.2) is 29.9 Å². The molecular weight excluding hydrogens is 358 g/mol. The summed E-state index contributed by atoms with van der Waals surface area (Å²) < 4.78 is 28.6. The molecule has 0 aliphatic rings. The Hall–Kier alpha value is -2.94. The summed E-state index contributed by atoms with van der Waals surface area (Å²) >= 11 is 1.64. The zero-order valence-corrected chi connectivity index (χ0v) is 14.4. The number of benzene rings is 1. The molecular formula is C17H14F2N6S. The van der Waals surface area contributed by atoms with Crippen molar-refractivity contribution in [3.63, 3.8) is 0 Å². The fraction of sp³-hybridized carbons (Fsp3) is 0.176. The average molecular weight is 372 g/mol. The van der Waals surface area contributed by atoms with Gasteiger partial charge in [-0.25, -0.2) is 23.4 Å². The normalized spacial score (nSPS) is 11.2. The summed E-state index contributed by atoms with van der Waals surface area (Å²) in [5.41, 5.74) is 1.69. The molecule has 3 aromatic heterocycles. The van der Waals surface area contributed by atoms with Crippen LogP contribution in [0.3, 0.4) is 0 Å². The molecule has 4 rings (SSSR count). The fourth-order valence-electron chi connectivity index (χ4n) is 2.67. The molecule has 0 aliphatic heterocycles. The molecule has 0 atom stereocenters. The molecule has 4 aromatic rings. The summed E-state index contributed by atoms with van der Waals surface area (Å²) in [7, 11) is 0. The van der Waals surface area contributed by atoms with E-state index in [9.17, 15) is 8.78 Å². The topological polar surface area (TPSA) is 72.3 Å². The molecule has 0 radical (unpaired) electrons. The number of aromatic amines is 1. The number of halogens is 2. The van der Waals surface area contributed by atoms with Gasteiger partial charge in [-0.15, -0.1) is 5.10 Å². The maximum Gasteiger partial charge on any atom is 0.218 e. The third kappa shape index (κ3) is 3.67. The Morgan fingerprint density at radius 1 is 1.08 bits per heavy atom. The number of thiophene rings is 1. The van der Waals surface area contributed by atoms with Crippen molar-refractivity contribution in [2.75, 3.05) is 0 Å². The van der Waals surface area contributed by atoms with E-state index in [1.165, 1.54) is 24.0 Å². The van der Waals surface area contributed by atoms with Gasteiger partial charge in [-0.05, 0) is 46.5 Å². The first-order valence-electron chi connectivity index (χ1n) is 7.93. The second kappa shape index (κ2) is 7.12. The molecule has 1 aromatic carbocycles. The van der Waals surface area contributed by atoms with E-state index in [1.807, 2.05) is 5.38 Å². The lowest BCUT2D eigenvalue weighted by Gasteiger charge is -2.06. The summed E-state index contributed by atoms with van der Waals surface area (Å²) in [5.74, 6) is 0.337. The maximum absolute atomic E-state index is 13.5. The summed E-state index contributed by atoms with van der Waals surface area (Å²) in [4.78, 5) is 8.59. The van der Waals surface area contributed by atoms with Crippen molar-refractivity contribution >= 4 is 11.3 Å². The van der Waals surface area contributed by atoms with Gasteiger partial charge in [-0.3, -0.25) is 5.10 Å². The highest BCUT2D eigenvalue weighted by atomic mass is 32.1. The third-order valence-electron chi connectivity index (χ3n) is 3.85. The van der Waals surface area contributed by atoms with Crippen LogP contribution in [-0.2, 0) is 19.4 Å². The van der Waals surface area contributed by atoms with Crippen molar-refractivity contribution in [3.8, 4) is 11.6 Å². The van der Waals surface area contributed by atoms with Crippen LogP contribution in [0.1, 0.15) is 17.0 Å². The smallest absolute Gasteiger partial charge is 0.218 e. The van der Waals surface area contributed by atoms with Gasteiger partial charge >= 0.3 is 0 Å². The van der Waals surface area contributed by atoms with E-state index in [1.54, 1.807) is 16.0 Å². The number of hydrogen-bond donors (Lipinski definition) is 1. The molecule has 3 heterocycles. The van der Waals surface area contributed by atoms with Gasteiger partial charge in [0.2, 0.25) is 5.82 Å². The van der Waals surface area contributed by atoms with Crippen LogP contribution in [0.15, 0.2) is 41.4 Å². The van der Waals surface area contributed by atoms with Crippen LogP contribution in [0.4, 0.5) is 8.78 Å². The van der Waals surface area contributed by atoms with Crippen LogP contribution in [0.25, 0.3) is 11.6 Å². The van der Waals surface area contributed by atoms with Crippen LogP contribution >= 0.6 is 11.3 Å². The SMILES string of the molecule is Fc1cc(F)cc(Cn2nc(-c3ncn[nH]3)nc2CCc2ccsc2)c1. The lowest BCUT2D eigenvalue weighted by molar-refractivity contribution is 0.570. The first-order valence-corrected chi connectivity index (χ1v) is 8.87. The summed E-state index contributed by atoms with van der Waals surface area (Å²) in [6.45, 7) is 0.217. The Morgan fingerprint density at radius 3 is 2.62 bits per heavy atom. The Bertz CT molecular complexity index is 974. The van der Waals surface area contributed by atoms with Crippen molar-refractivity contribution in [1.29, 1.82) is 0 Å². The molecule has 26 heavy (non-hydrogen) atoms. The van der Waals surface area contributed by atoms with E-state index in [2.05, 4.69) is 36.7 Å². The monoisotopic (exact) mass is 372 g/mol. The molecule has 0 fully saturated rings. The van der Waals surface area contributed by atoms with Crippen LogP contribution < -0.4 is 0 Å². The van der Waals surface area contributed by atoms with Gasteiger partial charge < -0.3 is 0 Å². The van der Waals surface area contributed by atoms with E-state index in [0.717, 1.165) is 12.5 Å². The van der Waals surface area contributed by atoms with Crippen molar-refractivity contribution in [2.24, 2.45) is 0 Å². The van der Waals surface area contributed by atoms with Gasteiger partial charge in [0.05, 0.1) is 6.54 Å². The van der Waals surface area contributed by atoms with Crippen molar-refractivity contribution < 1.29 is 8.78 Å². The van der Waals surface area contributed by atoms with Crippen molar-refractivity contribution in [1.82, 2.24) is 29.9 Å². The molecule has 0 saturated heterocycles. The fourth-order valence-corrected chi connectivity index (χ4v) is 3.37. The Labute approximate surface area is 151 Å². The number of aryl methyl sites for hydroxylation is 2. The average Bonchev–Trinajstić information content (AvgIpc) is 3.34. The molecule has 9 heteroatoms. The highest BCUT2D eigenvalue weighted by molar-refractivity contribution is 7.07. The minimum Gasteiger partial charge on any atom is -0.257 e. The minimum absolute atomic E-state index is 0.217. The molecule has 0 aliphatic carbocycles. The maximum atomic E-state index is 13.5. The van der Waals surface area contributed by atoms with E-state index >= 15 is 0 Å². The van der Waals surface area contributed by atoms with Gasteiger partial charge in [0, 0.05) is 12.5 Å². The standard InChI is InChI=1S/C17H14F2N6S/c18-13-5-12(6-14(19)7-13)8-25-15(2-1-11-3-4-26-9-11)22-17(24-25)16-20-10-21-23-16/h3-7,9-10H,1-2,8H2,(H,20,21,23). The van der Waals surface area contributed by atoms with Crippen LogP contribution in [0.2, 0.25) is 0 Å². The Morgan fingerprint density at radius 2 is 1.92 bits per heavy atom. The minimum atomic E-state index is -0.615. The second-order valence-corrected chi connectivity index (χ2v) is 6.53. The summed E-state index contributed by atoms with van der Waals surface area (Å²) in [5, 5.41) is 15.1. The number of rotatable bonds is 6. The first kappa shape index (κ1) is 16.5. The second-order valence-electron chi connectivity index (χ2n) is 5.75. The van der Waals surface area contributed by atoms with Crippen LogP contribution in [0, 0.1) is 11.6 Å². The molecule has 1 N–H and O–H groups in total. The number of H-pyrrole nitrogens is 1. The summed E-state index contributed by atoms with van der Waals surface area (Å²) in [6, 6.07) is 5.50. The van der Waals surface area contributed by atoms with E-state index < -0.39 is 11.6 Å². The lowest BCUT2D eigenvalue weighted by Crippen LogP contribution is -2.08. The summed E-state index contributed by atoms with van der Waals surface area (Å²) in [6.07, 6.45) is 2.83. The predicted molar refractivity (Wildman–Crippen MR) is 92.6 cm³/mol. The van der Waals surface area contributed by atoms with Gasteiger partial charge in [0.1, 0.15) is 23.8 Å². The van der Waals surface area contributed by atoms with Gasteiger partial charge in [0.15, 0.2) is 5.82 Å². The highest BCUT2D eigenvalue weighted by Gasteiger charge is 2.15. The molecule has 0 spiro atoms. The number of hydrogen-bond acceptors (Lipinski definition) is 5. The zero-order valence-electron chi connectivity index (χ0n) is 13.6.